The number of aryl methyl sites for hydroxylation is 1. The number of carbonyl (C=O) groups excluding carboxylic acids is 1. The molecule has 3 rings (SSSR count). The topological polar surface area (TPSA) is 51.2 Å². The quantitative estimate of drug-likeness (QED) is 0.523. The highest BCUT2D eigenvalue weighted by molar-refractivity contribution is 6.06. The second-order valence-electron chi connectivity index (χ2n) is 5.77. The number of benzene rings is 2. The summed E-state index contributed by atoms with van der Waals surface area (Å²) in [7, 11) is 0. The van der Waals surface area contributed by atoms with Crippen LogP contribution in [0.4, 0.5) is 5.69 Å². The Morgan fingerprint density at radius 1 is 1.20 bits per heavy atom. The van der Waals surface area contributed by atoms with E-state index in [2.05, 4.69) is 16.9 Å². The highest BCUT2D eigenvalue weighted by atomic mass is 16.5. The van der Waals surface area contributed by atoms with Crippen LogP contribution in [0, 0.1) is 6.92 Å². The number of amides is 1. The zero-order valence-corrected chi connectivity index (χ0v) is 14.2. The third kappa shape index (κ3) is 4.23. The number of anilines is 1. The van der Waals surface area contributed by atoms with Crippen LogP contribution < -0.4 is 10.1 Å². The predicted octanol–water partition coefficient (Wildman–Crippen LogP) is 4.75. The van der Waals surface area contributed by atoms with Crippen LogP contribution in [0.2, 0.25) is 0 Å². The van der Waals surface area contributed by atoms with Crippen molar-refractivity contribution >= 4 is 22.5 Å². The molecule has 0 spiro atoms. The van der Waals surface area contributed by atoms with Crippen molar-refractivity contribution in [3.8, 4) is 5.75 Å². The van der Waals surface area contributed by atoms with E-state index in [1.54, 1.807) is 6.07 Å². The first-order valence-electron chi connectivity index (χ1n) is 8.18. The number of nitrogens with zero attached hydrogens (tertiary/aromatic N) is 1. The van der Waals surface area contributed by atoms with E-state index in [1.165, 1.54) is 0 Å². The molecule has 1 aromatic heterocycles. The third-order valence-corrected chi connectivity index (χ3v) is 3.77. The first-order chi connectivity index (χ1) is 12.2. The van der Waals surface area contributed by atoms with Gasteiger partial charge in [0.05, 0.1) is 12.1 Å². The van der Waals surface area contributed by atoms with E-state index in [4.69, 9.17) is 4.74 Å². The molecule has 1 N–H and O–H groups in total. The van der Waals surface area contributed by atoms with E-state index >= 15 is 0 Å². The maximum absolute atomic E-state index is 12.5. The maximum atomic E-state index is 12.5. The van der Waals surface area contributed by atoms with Gasteiger partial charge in [-0.3, -0.25) is 9.78 Å². The zero-order valence-electron chi connectivity index (χ0n) is 14.2. The molecule has 0 unspecified atom stereocenters. The van der Waals surface area contributed by atoms with Gasteiger partial charge in [-0.05, 0) is 49.7 Å². The van der Waals surface area contributed by atoms with Crippen LogP contribution in [-0.4, -0.2) is 17.5 Å². The van der Waals surface area contributed by atoms with Crippen molar-refractivity contribution in [2.75, 3.05) is 11.9 Å². The zero-order chi connectivity index (χ0) is 17.6. The lowest BCUT2D eigenvalue weighted by atomic mass is 10.1. The van der Waals surface area contributed by atoms with Crippen molar-refractivity contribution < 1.29 is 9.53 Å². The predicted molar refractivity (Wildman–Crippen MR) is 101 cm³/mol. The number of hydrogen-bond acceptors (Lipinski definition) is 3. The van der Waals surface area contributed by atoms with Gasteiger partial charge >= 0.3 is 0 Å². The van der Waals surface area contributed by atoms with E-state index in [9.17, 15) is 4.79 Å². The molecule has 126 valence electrons. The van der Waals surface area contributed by atoms with Crippen molar-refractivity contribution in [2.45, 2.75) is 13.3 Å². The summed E-state index contributed by atoms with van der Waals surface area (Å²) < 4.78 is 5.61. The molecular formula is C21H20N2O2. The molecule has 0 saturated carbocycles. The normalized spacial score (nSPS) is 10.4. The molecule has 0 fully saturated rings. The molecule has 1 amide bonds. The Balaban J connectivity index is 1.74. The molecule has 3 aromatic rings. The average molecular weight is 332 g/mol. The number of pyridine rings is 1. The number of carbonyl (C=O) groups is 1. The van der Waals surface area contributed by atoms with Gasteiger partial charge in [0, 0.05) is 28.4 Å². The van der Waals surface area contributed by atoms with Gasteiger partial charge < -0.3 is 10.1 Å². The van der Waals surface area contributed by atoms with Gasteiger partial charge in [0.25, 0.3) is 5.91 Å². The first kappa shape index (κ1) is 16.7. The molecule has 4 nitrogen and oxygen atoms in total. The molecule has 1 heterocycles. The molecular weight excluding hydrogens is 312 g/mol. The van der Waals surface area contributed by atoms with Crippen LogP contribution in [0.15, 0.2) is 67.3 Å². The number of hydrogen-bond donors (Lipinski definition) is 1. The second kappa shape index (κ2) is 7.62. The highest BCUT2D eigenvalue weighted by Crippen LogP contribution is 2.20. The van der Waals surface area contributed by atoms with Gasteiger partial charge in [0.1, 0.15) is 5.75 Å². The van der Waals surface area contributed by atoms with Gasteiger partial charge in [-0.25, -0.2) is 0 Å². The smallest absolute Gasteiger partial charge is 0.255 e. The Morgan fingerprint density at radius 3 is 2.92 bits per heavy atom. The first-order valence-corrected chi connectivity index (χ1v) is 8.18. The lowest BCUT2D eigenvalue weighted by molar-refractivity contribution is 0.102. The molecule has 0 radical (unpaired) electrons. The lowest BCUT2D eigenvalue weighted by Gasteiger charge is -2.09. The second-order valence-corrected chi connectivity index (χ2v) is 5.77. The monoisotopic (exact) mass is 332 g/mol. The Bertz CT molecular complexity index is 919. The van der Waals surface area contributed by atoms with E-state index in [0.717, 1.165) is 28.8 Å². The number of nitrogens with one attached hydrogen (secondary N) is 1. The molecule has 0 saturated heterocycles. The number of rotatable bonds is 6. The van der Waals surface area contributed by atoms with Crippen LogP contribution in [0.25, 0.3) is 10.9 Å². The molecule has 2 aromatic carbocycles. The van der Waals surface area contributed by atoms with Crippen LogP contribution in [-0.2, 0) is 0 Å². The Morgan fingerprint density at radius 2 is 2.08 bits per heavy atom. The van der Waals surface area contributed by atoms with E-state index in [-0.39, 0.29) is 5.91 Å². The minimum Gasteiger partial charge on any atom is -0.493 e. The fourth-order valence-electron chi connectivity index (χ4n) is 2.50. The maximum Gasteiger partial charge on any atom is 0.255 e. The Hall–Kier alpha value is -3.14. The van der Waals surface area contributed by atoms with E-state index in [1.807, 2.05) is 61.5 Å². The van der Waals surface area contributed by atoms with Crippen molar-refractivity contribution in [1.82, 2.24) is 4.98 Å². The van der Waals surface area contributed by atoms with Crippen molar-refractivity contribution in [1.29, 1.82) is 0 Å². The van der Waals surface area contributed by atoms with Crippen molar-refractivity contribution in [3.05, 3.63) is 78.5 Å². The van der Waals surface area contributed by atoms with Gasteiger partial charge in [-0.1, -0.05) is 18.2 Å². The third-order valence-electron chi connectivity index (χ3n) is 3.77. The minimum absolute atomic E-state index is 0.161. The molecule has 4 heteroatoms. The number of ether oxygens (including phenoxy) is 1. The van der Waals surface area contributed by atoms with Crippen molar-refractivity contribution in [2.24, 2.45) is 0 Å². The molecule has 0 bridgehead atoms. The summed E-state index contributed by atoms with van der Waals surface area (Å²) in [5, 5.41) is 3.85. The molecule has 0 aliphatic heterocycles. The summed E-state index contributed by atoms with van der Waals surface area (Å²) in [5.41, 5.74) is 3.13. The van der Waals surface area contributed by atoms with Crippen LogP contribution in [0.3, 0.4) is 0 Å². The van der Waals surface area contributed by atoms with Gasteiger partial charge in [0.2, 0.25) is 0 Å². The SMILES string of the molecule is C=CCCOc1cccc(NC(=O)c2ccc3nc(C)ccc3c2)c1. The van der Waals surface area contributed by atoms with Gasteiger partial charge in [-0.2, -0.15) is 0 Å². The number of aromatic nitrogens is 1. The van der Waals surface area contributed by atoms with Crippen molar-refractivity contribution in [3.63, 3.8) is 0 Å². The summed E-state index contributed by atoms with van der Waals surface area (Å²) in [6.07, 6.45) is 2.59. The summed E-state index contributed by atoms with van der Waals surface area (Å²) in [6, 6.07) is 16.8. The van der Waals surface area contributed by atoms with Gasteiger partial charge in [0.15, 0.2) is 0 Å². The fourth-order valence-corrected chi connectivity index (χ4v) is 2.50. The summed E-state index contributed by atoms with van der Waals surface area (Å²) >= 11 is 0. The largest absolute Gasteiger partial charge is 0.493 e. The minimum atomic E-state index is -0.161. The van der Waals surface area contributed by atoms with Crippen LogP contribution in [0.1, 0.15) is 22.5 Å². The van der Waals surface area contributed by atoms with Crippen LogP contribution in [0.5, 0.6) is 5.75 Å². The Labute approximate surface area is 147 Å². The molecule has 0 atom stereocenters. The van der Waals surface area contributed by atoms with Crippen LogP contribution >= 0.6 is 0 Å². The summed E-state index contributed by atoms with van der Waals surface area (Å²) in [5.74, 6) is 0.559. The number of fused-ring (bicyclic) bond motifs is 1. The molecule has 0 aliphatic rings. The van der Waals surface area contributed by atoms with E-state index in [0.29, 0.717) is 17.9 Å². The lowest BCUT2D eigenvalue weighted by Crippen LogP contribution is -2.12. The summed E-state index contributed by atoms with van der Waals surface area (Å²) in [6.45, 7) is 6.18. The van der Waals surface area contributed by atoms with Gasteiger partial charge in [-0.15, -0.1) is 6.58 Å². The average Bonchev–Trinajstić information content (AvgIpc) is 2.62. The standard InChI is InChI=1S/C21H20N2O2/c1-3-4-12-25-19-7-5-6-18(14-19)23-21(24)17-10-11-20-16(13-17)9-8-15(2)22-20/h3,5-11,13-14H,1,4,12H2,2H3,(H,23,24). The molecule has 0 aliphatic carbocycles. The summed E-state index contributed by atoms with van der Waals surface area (Å²) in [4.78, 5) is 17.0. The molecule has 25 heavy (non-hydrogen) atoms. The fraction of sp³-hybridized carbons (Fsp3) is 0.143. The van der Waals surface area contributed by atoms with E-state index < -0.39 is 0 Å². The highest BCUT2D eigenvalue weighted by Gasteiger charge is 2.08. The Kier molecular flexibility index (Phi) is 5.09.